The Labute approximate surface area is 123 Å². The first-order chi connectivity index (χ1) is 9.52. The minimum Gasteiger partial charge on any atom is -0.386 e. The number of unbranched alkanes of at least 4 members (excludes halogenated alkanes) is 5. The predicted molar refractivity (Wildman–Crippen MR) is 82.3 cm³/mol. The maximum Gasteiger partial charge on any atom is 0.341 e. The zero-order valence-electron chi connectivity index (χ0n) is 13.3. The summed E-state index contributed by atoms with van der Waals surface area (Å²) in [7, 11) is 0. The summed E-state index contributed by atoms with van der Waals surface area (Å²) in [5.74, 6) is -1.07. The molecule has 0 aromatic rings. The average Bonchev–Trinajstić information content (AvgIpc) is 2.43. The van der Waals surface area contributed by atoms with E-state index in [1.54, 1.807) is 13.8 Å². The van der Waals surface area contributed by atoms with Crippen LogP contribution in [0.3, 0.4) is 0 Å². The molecule has 0 aromatic carbocycles. The van der Waals surface area contributed by atoms with E-state index in [9.17, 15) is 9.59 Å². The van der Waals surface area contributed by atoms with Gasteiger partial charge in [-0.3, -0.25) is 0 Å². The average molecular weight is 280 g/mol. The van der Waals surface area contributed by atoms with Crippen molar-refractivity contribution in [3.8, 4) is 0 Å². The fourth-order valence-electron chi connectivity index (χ4n) is 1.65. The zero-order chi connectivity index (χ0) is 15.4. The van der Waals surface area contributed by atoms with Crippen LogP contribution in [0.2, 0.25) is 0 Å². The number of carbonyl (C=O) groups excluding carboxylic acids is 2. The molecule has 0 spiro atoms. The van der Waals surface area contributed by atoms with Gasteiger partial charge in [-0.05, 0) is 33.1 Å². The molecule has 0 radical (unpaired) electrons. The largest absolute Gasteiger partial charge is 0.386 e. The van der Waals surface area contributed by atoms with Gasteiger partial charge in [-0.15, -0.1) is 0 Å². The molecule has 3 heteroatoms. The normalized spacial score (nSPS) is 12.4. The lowest BCUT2D eigenvalue weighted by atomic mass is 10.1. The highest BCUT2D eigenvalue weighted by atomic mass is 16.6. The molecule has 0 rings (SSSR count). The van der Waals surface area contributed by atoms with Gasteiger partial charge in [0.25, 0.3) is 0 Å². The SMILES string of the molecule is CCCCC=C(C)C(=O)OC(=O)C(C)=CCCCCC. The lowest BCUT2D eigenvalue weighted by Gasteiger charge is -2.04. The number of carbonyl (C=O) groups is 2. The highest BCUT2D eigenvalue weighted by Gasteiger charge is 2.13. The van der Waals surface area contributed by atoms with Gasteiger partial charge in [0.1, 0.15) is 0 Å². The van der Waals surface area contributed by atoms with Crippen molar-refractivity contribution in [1.29, 1.82) is 0 Å². The third-order valence-electron chi connectivity index (χ3n) is 3.10. The summed E-state index contributed by atoms with van der Waals surface area (Å²) in [4.78, 5) is 23.4. The van der Waals surface area contributed by atoms with Gasteiger partial charge in [-0.2, -0.15) is 0 Å². The standard InChI is InChI=1S/C17H28O3/c1-5-7-9-11-13-15(4)17(19)20-16(18)14(3)12-10-8-6-2/h12-13H,5-11H2,1-4H3. The molecule has 0 aromatic heterocycles. The monoisotopic (exact) mass is 280 g/mol. The van der Waals surface area contributed by atoms with E-state index in [1.807, 2.05) is 12.2 Å². The van der Waals surface area contributed by atoms with Gasteiger partial charge >= 0.3 is 11.9 Å². The summed E-state index contributed by atoms with van der Waals surface area (Å²) in [6.07, 6.45) is 10.9. The van der Waals surface area contributed by atoms with E-state index in [0.29, 0.717) is 11.1 Å². The number of hydrogen-bond acceptors (Lipinski definition) is 3. The van der Waals surface area contributed by atoms with E-state index in [1.165, 1.54) is 0 Å². The molecular weight excluding hydrogens is 252 g/mol. The Balaban J connectivity index is 4.23. The fraction of sp³-hybridized carbons (Fsp3) is 0.647. The van der Waals surface area contributed by atoms with Gasteiger partial charge in [-0.1, -0.05) is 51.7 Å². The molecular formula is C17H28O3. The van der Waals surface area contributed by atoms with Gasteiger partial charge in [0.15, 0.2) is 0 Å². The van der Waals surface area contributed by atoms with Crippen LogP contribution in [-0.2, 0) is 14.3 Å². The molecule has 20 heavy (non-hydrogen) atoms. The number of rotatable bonds is 9. The first-order valence-corrected chi connectivity index (χ1v) is 7.62. The van der Waals surface area contributed by atoms with E-state index in [2.05, 4.69) is 13.8 Å². The molecule has 0 aliphatic heterocycles. The Morgan fingerprint density at radius 2 is 1.25 bits per heavy atom. The van der Waals surface area contributed by atoms with E-state index < -0.39 is 11.9 Å². The number of esters is 2. The van der Waals surface area contributed by atoms with E-state index in [4.69, 9.17) is 4.74 Å². The number of allylic oxidation sites excluding steroid dienone is 2. The van der Waals surface area contributed by atoms with Gasteiger partial charge in [0.2, 0.25) is 0 Å². The predicted octanol–water partition coefficient (Wildman–Crippen LogP) is 4.72. The first-order valence-electron chi connectivity index (χ1n) is 7.62. The second-order valence-electron chi connectivity index (χ2n) is 5.09. The van der Waals surface area contributed by atoms with Gasteiger partial charge < -0.3 is 4.74 Å². The second kappa shape index (κ2) is 11.4. The molecule has 0 N–H and O–H groups in total. The lowest BCUT2D eigenvalue weighted by molar-refractivity contribution is -0.153. The van der Waals surface area contributed by atoms with Crippen LogP contribution in [0.4, 0.5) is 0 Å². The van der Waals surface area contributed by atoms with Crippen LogP contribution in [0.15, 0.2) is 23.3 Å². The van der Waals surface area contributed by atoms with E-state index >= 15 is 0 Å². The third kappa shape index (κ3) is 8.68. The molecule has 3 nitrogen and oxygen atoms in total. The smallest absolute Gasteiger partial charge is 0.341 e. The highest BCUT2D eigenvalue weighted by Crippen LogP contribution is 2.08. The Bertz CT molecular complexity index is 364. The summed E-state index contributed by atoms with van der Waals surface area (Å²) in [5.41, 5.74) is 1.02. The first kappa shape index (κ1) is 18.6. The van der Waals surface area contributed by atoms with Crippen molar-refractivity contribution in [3.05, 3.63) is 23.3 Å². The van der Waals surface area contributed by atoms with Crippen molar-refractivity contribution < 1.29 is 14.3 Å². The van der Waals surface area contributed by atoms with Gasteiger partial charge in [0, 0.05) is 11.1 Å². The van der Waals surface area contributed by atoms with Gasteiger partial charge in [-0.25, -0.2) is 9.59 Å². The van der Waals surface area contributed by atoms with Crippen molar-refractivity contribution in [2.75, 3.05) is 0 Å². The minimum atomic E-state index is -0.535. The summed E-state index contributed by atoms with van der Waals surface area (Å²) < 4.78 is 4.85. The van der Waals surface area contributed by atoms with Gasteiger partial charge in [0.05, 0.1) is 0 Å². The molecule has 0 aliphatic rings. The Morgan fingerprint density at radius 1 is 0.800 bits per heavy atom. The van der Waals surface area contributed by atoms with E-state index in [-0.39, 0.29) is 0 Å². The Kier molecular flexibility index (Phi) is 10.7. The van der Waals surface area contributed by atoms with Crippen LogP contribution in [0.5, 0.6) is 0 Å². The van der Waals surface area contributed by atoms with Crippen LogP contribution in [0.25, 0.3) is 0 Å². The molecule has 0 saturated heterocycles. The molecule has 0 saturated carbocycles. The molecule has 0 bridgehead atoms. The molecule has 0 unspecified atom stereocenters. The maximum absolute atomic E-state index is 11.7. The molecule has 0 amide bonds. The molecule has 0 heterocycles. The second-order valence-corrected chi connectivity index (χ2v) is 5.09. The quantitative estimate of drug-likeness (QED) is 0.266. The van der Waals surface area contributed by atoms with Crippen molar-refractivity contribution in [2.45, 2.75) is 72.6 Å². The molecule has 0 fully saturated rings. The summed E-state index contributed by atoms with van der Waals surface area (Å²) in [5, 5.41) is 0. The van der Waals surface area contributed by atoms with Crippen molar-refractivity contribution in [1.82, 2.24) is 0 Å². The summed E-state index contributed by atoms with van der Waals surface area (Å²) >= 11 is 0. The number of ether oxygens (including phenoxy) is 1. The Morgan fingerprint density at radius 3 is 1.70 bits per heavy atom. The van der Waals surface area contributed by atoms with E-state index in [0.717, 1.165) is 44.9 Å². The number of hydrogen-bond donors (Lipinski definition) is 0. The van der Waals surface area contributed by atoms with Crippen molar-refractivity contribution in [3.63, 3.8) is 0 Å². The fourth-order valence-corrected chi connectivity index (χ4v) is 1.65. The van der Waals surface area contributed by atoms with Crippen molar-refractivity contribution in [2.24, 2.45) is 0 Å². The van der Waals surface area contributed by atoms with Crippen LogP contribution in [0.1, 0.15) is 72.6 Å². The Hall–Kier alpha value is -1.38. The third-order valence-corrected chi connectivity index (χ3v) is 3.10. The minimum absolute atomic E-state index is 0.505. The molecule has 0 aliphatic carbocycles. The molecule has 0 atom stereocenters. The van der Waals surface area contributed by atoms with Crippen LogP contribution < -0.4 is 0 Å². The topological polar surface area (TPSA) is 43.4 Å². The molecule has 114 valence electrons. The summed E-state index contributed by atoms with van der Waals surface area (Å²) in [6.45, 7) is 7.61. The van der Waals surface area contributed by atoms with Crippen LogP contribution in [0, 0.1) is 0 Å². The van der Waals surface area contributed by atoms with Crippen molar-refractivity contribution >= 4 is 11.9 Å². The van der Waals surface area contributed by atoms with Crippen LogP contribution >= 0.6 is 0 Å². The zero-order valence-corrected chi connectivity index (χ0v) is 13.3. The maximum atomic E-state index is 11.7. The highest BCUT2D eigenvalue weighted by molar-refractivity contribution is 6.01. The lowest BCUT2D eigenvalue weighted by Crippen LogP contribution is -2.14. The van der Waals surface area contributed by atoms with Crippen LogP contribution in [-0.4, -0.2) is 11.9 Å². The summed E-state index contributed by atoms with van der Waals surface area (Å²) in [6, 6.07) is 0.